The SMILES string of the molecule is C[C@@H](OCC1(c2ccccc2)CCC(C#N)(CC(=O)OCCCl)CC1)c1cc(C(F)(F)F)cc(C(F)(F)F)c1.C[C@@H](OCC1(c2ccccc2)CCC(N)(C#N)CC1)c1cc(C(F)(F)F)cc(C(F)(F)F)c1.O=C(Cl)OCCCl. The second kappa shape index (κ2) is 27.9. The molecule has 2 saturated carbocycles. The van der Waals surface area contributed by atoms with Gasteiger partial charge < -0.3 is 24.7 Å². The Morgan fingerprint density at radius 2 is 0.899 bits per heavy atom. The number of halogens is 15. The van der Waals surface area contributed by atoms with Crippen LogP contribution in [0.3, 0.4) is 0 Å². The largest absolute Gasteiger partial charge is 0.464 e. The molecule has 4 aromatic carbocycles. The van der Waals surface area contributed by atoms with Crippen LogP contribution in [0.2, 0.25) is 0 Å². The second-order valence-electron chi connectivity index (χ2n) is 19.4. The van der Waals surface area contributed by atoms with E-state index in [-0.39, 0.29) is 62.0 Å². The Morgan fingerprint density at radius 3 is 1.19 bits per heavy atom. The van der Waals surface area contributed by atoms with Gasteiger partial charge in [0.2, 0.25) is 0 Å². The molecule has 2 N–H and O–H groups in total. The molecule has 2 aliphatic rings. The van der Waals surface area contributed by atoms with Crippen molar-refractivity contribution in [3.05, 3.63) is 142 Å². The van der Waals surface area contributed by atoms with Crippen LogP contribution in [0.25, 0.3) is 0 Å². The number of nitrogens with zero attached hydrogens (tertiary/aromatic N) is 2. The quantitative estimate of drug-likeness (QED) is 0.0502. The molecule has 24 heteroatoms. The maximum atomic E-state index is 13.3. The van der Waals surface area contributed by atoms with Gasteiger partial charge in [-0.15, -0.1) is 23.2 Å². The molecule has 2 fully saturated rings. The van der Waals surface area contributed by atoms with Gasteiger partial charge in [-0.1, -0.05) is 60.7 Å². The fourth-order valence-electron chi connectivity index (χ4n) is 9.23. The second-order valence-corrected chi connectivity index (χ2v) is 20.5. The van der Waals surface area contributed by atoms with Crippen molar-refractivity contribution in [1.82, 2.24) is 0 Å². The molecule has 2 aliphatic carbocycles. The number of nitrogens with two attached hydrogens (primary N) is 1. The highest BCUT2D eigenvalue weighted by atomic mass is 35.5. The fraction of sp³-hybridized carbons (Fsp3) is 0.491. The molecule has 4 aromatic rings. The lowest BCUT2D eigenvalue weighted by atomic mass is 9.61. The Morgan fingerprint density at radius 1 is 0.557 bits per heavy atom. The molecule has 2 atom stereocenters. The Balaban J connectivity index is 0.000000307. The third-order valence-electron chi connectivity index (χ3n) is 14.0. The van der Waals surface area contributed by atoms with Crippen molar-refractivity contribution in [2.75, 3.05) is 38.2 Å². The smallest absolute Gasteiger partial charge is 0.416 e. The molecule has 0 bridgehead atoms. The third-order valence-corrected chi connectivity index (χ3v) is 14.4. The van der Waals surface area contributed by atoms with E-state index in [1.165, 1.54) is 13.8 Å². The van der Waals surface area contributed by atoms with Gasteiger partial charge in [-0.25, -0.2) is 4.79 Å². The summed E-state index contributed by atoms with van der Waals surface area (Å²) < 4.78 is 181. The highest BCUT2D eigenvalue weighted by Gasteiger charge is 2.47. The summed E-state index contributed by atoms with van der Waals surface area (Å²) in [7, 11) is 0. The lowest BCUT2D eigenvalue weighted by Crippen LogP contribution is -2.48. The van der Waals surface area contributed by atoms with Gasteiger partial charge >= 0.3 is 36.1 Å². The van der Waals surface area contributed by atoms with Crippen LogP contribution in [0.1, 0.15) is 128 Å². The molecule has 0 aliphatic heterocycles. The minimum atomic E-state index is -4.96. The standard InChI is InChI=1S/C28H28ClF6NO3.C24H24F6N2O.C3H4Cl2O2/c1-19(20-13-22(27(30,31)32)15-23(14-20)28(33,34)35)39-18-26(21-5-3-2-4-6-21)9-7-25(17-36,8-10-26)16-24(37)38-12-11-29;1-16(17-11-19(23(25,26)27)13-20(12-17)24(28,29)30)33-15-21(18-5-3-2-4-6-18)7-9-22(32,14-31)10-8-21;4-1-2-7-3(5)6/h2-6,13-15,19H,7-12,16,18H2,1H3;2-6,11-13,16H,7-10,15,32H2,1H3;1-2H2/t19-,25?,26?;16-,21?,22?;/m11./s1. The number of alkyl halides is 14. The van der Waals surface area contributed by atoms with E-state index in [1.54, 1.807) is 0 Å². The zero-order valence-corrected chi connectivity index (χ0v) is 44.9. The third kappa shape index (κ3) is 19.2. The Kier molecular flexibility index (Phi) is 23.4. The first kappa shape index (κ1) is 66.2. The fourth-order valence-corrected chi connectivity index (χ4v) is 9.46. The first-order chi connectivity index (χ1) is 36.8. The molecule has 0 heterocycles. The molecule has 0 radical (unpaired) electrons. The maximum absolute atomic E-state index is 13.3. The number of ether oxygens (including phenoxy) is 4. The van der Waals surface area contributed by atoms with Gasteiger partial charge in [0, 0.05) is 22.4 Å². The van der Waals surface area contributed by atoms with Gasteiger partial charge in [-0.2, -0.15) is 63.2 Å². The number of benzene rings is 4. The number of carbonyl (C=O) groups is 2. The van der Waals surface area contributed by atoms with Gasteiger partial charge in [-0.05, 0) is 124 Å². The Hall–Kier alpha value is -5.29. The highest BCUT2D eigenvalue weighted by Crippen LogP contribution is 2.50. The summed E-state index contributed by atoms with van der Waals surface area (Å²) in [6.07, 6.45) is -18.7. The van der Waals surface area contributed by atoms with E-state index < -0.39 is 92.3 Å². The van der Waals surface area contributed by atoms with Crippen molar-refractivity contribution in [1.29, 1.82) is 10.5 Å². The average Bonchev–Trinajstić information content (AvgIpc) is 3.47. The number of rotatable bonds is 16. The molecule has 6 rings (SSSR count). The van der Waals surface area contributed by atoms with E-state index in [1.807, 2.05) is 60.7 Å². The number of carbonyl (C=O) groups excluding carboxylic acids is 2. The van der Waals surface area contributed by atoms with Gasteiger partial charge in [0.15, 0.2) is 0 Å². The van der Waals surface area contributed by atoms with Crippen LogP contribution in [0.5, 0.6) is 0 Å². The normalized spacial score (nSPS) is 22.3. The van der Waals surface area contributed by atoms with Crippen molar-refractivity contribution < 1.29 is 81.2 Å². The van der Waals surface area contributed by atoms with Crippen molar-refractivity contribution in [2.24, 2.45) is 11.1 Å². The lowest BCUT2D eigenvalue weighted by molar-refractivity contribution is -0.146. The molecular weight excluding hydrogens is 1130 g/mol. The van der Waals surface area contributed by atoms with Crippen molar-refractivity contribution >= 4 is 46.2 Å². The van der Waals surface area contributed by atoms with Crippen molar-refractivity contribution in [2.45, 2.75) is 125 Å². The molecule has 9 nitrogen and oxygen atoms in total. The summed E-state index contributed by atoms with van der Waals surface area (Å²) in [4.78, 5) is 21.9. The minimum absolute atomic E-state index is 0.00597. The van der Waals surface area contributed by atoms with E-state index in [0.717, 1.165) is 11.1 Å². The van der Waals surface area contributed by atoms with Crippen molar-refractivity contribution in [3.8, 4) is 12.1 Å². The van der Waals surface area contributed by atoms with E-state index in [0.29, 0.717) is 81.5 Å². The van der Waals surface area contributed by atoms with Crippen LogP contribution in [0.15, 0.2) is 97.1 Å². The zero-order chi connectivity index (χ0) is 59.1. The zero-order valence-electron chi connectivity index (χ0n) is 42.6. The first-order valence-corrected chi connectivity index (χ1v) is 25.9. The Bertz CT molecular complexity index is 2630. The Labute approximate surface area is 464 Å². The topological polar surface area (TPSA) is 145 Å². The molecule has 0 amide bonds. The molecule has 0 saturated heterocycles. The minimum Gasteiger partial charge on any atom is -0.464 e. The van der Waals surface area contributed by atoms with E-state index in [9.17, 15) is 72.8 Å². The van der Waals surface area contributed by atoms with Gasteiger partial charge in [0.25, 0.3) is 0 Å². The van der Waals surface area contributed by atoms with Gasteiger partial charge in [-0.3, -0.25) is 4.79 Å². The van der Waals surface area contributed by atoms with Crippen LogP contribution < -0.4 is 5.73 Å². The summed E-state index contributed by atoms with van der Waals surface area (Å²) in [5.74, 6) is -0.105. The van der Waals surface area contributed by atoms with Crippen molar-refractivity contribution in [3.63, 3.8) is 0 Å². The molecule has 79 heavy (non-hydrogen) atoms. The van der Waals surface area contributed by atoms with Crippen LogP contribution in [-0.4, -0.2) is 55.1 Å². The number of hydrogen-bond acceptors (Lipinski definition) is 9. The summed E-state index contributed by atoms with van der Waals surface area (Å²) >= 11 is 15.4. The van der Waals surface area contributed by atoms with E-state index >= 15 is 0 Å². The highest BCUT2D eigenvalue weighted by molar-refractivity contribution is 6.61. The summed E-state index contributed by atoms with van der Waals surface area (Å²) in [5, 5.41) is 19.3. The van der Waals surface area contributed by atoms with Gasteiger partial charge in [0.1, 0.15) is 18.8 Å². The average molecular weight is 1190 g/mol. The van der Waals surface area contributed by atoms with Crippen LogP contribution >= 0.6 is 34.8 Å². The van der Waals surface area contributed by atoms with E-state index in [2.05, 4.69) is 16.9 Å². The molecule has 0 spiro atoms. The van der Waals surface area contributed by atoms with Crippen LogP contribution in [0.4, 0.5) is 57.5 Å². The molecule has 432 valence electrons. The molecule has 0 aromatic heterocycles. The number of esters is 1. The predicted molar refractivity (Wildman–Crippen MR) is 270 cm³/mol. The molecular formula is C55H56Cl3F12N3O6. The summed E-state index contributed by atoms with van der Waals surface area (Å²) in [6, 6.07) is 25.8. The maximum Gasteiger partial charge on any atom is 0.416 e. The van der Waals surface area contributed by atoms with E-state index in [4.69, 9.17) is 54.7 Å². The summed E-state index contributed by atoms with van der Waals surface area (Å²) in [5.41, 5.74) is -2.06. The first-order valence-electron chi connectivity index (χ1n) is 24.4. The lowest BCUT2D eigenvalue weighted by Gasteiger charge is -2.44. The summed E-state index contributed by atoms with van der Waals surface area (Å²) in [6.45, 7) is 3.12. The number of nitriles is 2. The van der Waals surface area contributed by atoms with Crippen LogP contribution in [-0.2, 0) is 59.3 Å². The molecule has 0 unspecified atom stereocenters. The van der Waals surface area contributed by atoms with Gasteiger partial charge in [0.05, 0.1) is 83.4 Å². The number of hydrogen-bond donors (Lipinski definition) is 1. The predicted octanol–water partition coefficient (Wildman–Crippen LogP) is 16.1. The van der Waals surface area contributed by atoms with Crippen LogP contribution in [0, 0.1) is 28.1 Å². The monoisotopic (exact) mass is 1190 g/mol.